The van der Waals surface area contributed by atoms with E-state index in [2.05, 4.69) is 14.1 Å². The Hall–Kier alpha value is 0.310. The van der Waals surface area contributed by atoms with Gasteiger partial charge in [-0.1, -0.05) is 9.24 Å². The molecule has 0 radical (unpaired) electrons. The summed E-state index contributed by atoms with van der Waals surface area (Å²) in [5.74, 6) is 0. The molecule has 1 aliphatic carbocycles. The molecule has 3 nitrogen and oxygen atoms in total. The third-order valence-corrected chi connectivity index (χ3v) is 2.65. The molecule has 0 saturated heterocycles. The Morgan fingerprint density at radius 2 is 2.22 bits per heavy atom. The second-order valence-electron chi connectivity index (χ2n) is 2.50. The van der Waals surface area contributed by atoms with Crippen LogP contribution in [0.3, 0.4) is 0 Å². The molecule has 1 fully saturated rings. The molecule has 2 unspecified atom stereocenters. The summed E-state index contributed by atoms with van der Waals surface area (Å²) in [5.41, 5.74) is 0. The summed E-state index contributed by atoms with van der Waals surface area (Å²) in [7, 11) is 4.00. The fourth-order valence-corrected chi connectivity index (χ4v) is 1.49. The number of nitrogens with one attached hydrogen (secondary N) is 1. The highest BCUT2D eigenvalue weighted by Crippen LogP contribution is 2.34. The van der Waals surface area contributed by atoms with Gasteiger partial charge in [0.1, 0.15) is 5.28 Å². The van der Waals surface area contributed by atoms with Crippen LogP contribution in [0.15, 0.2) is 0 Å². The van der Waals surface area contributed by atoms with Gasteiger partial charge < -0.3 is 5.21 Å². The molecule has 1 N–H and O–H groups in total. The van der Waals surface area contributed by atoms with Crippen molar-refractivity contribution in [2.75, 3.05) is 7.11 Å². The molecule has 0 aromatic rings. The summed E-state index contributed by atoms with van der Waals surface area (Å²) in [6.45, 7) is 0. The van der Waals surface area contributed by atoms with Crippen LogP contribution >= 0.6 is 9.24 Å². The quantitative estimate of drug-likeness (QED) is 0.431. The van der Waals surface area contributed by atoms with Crippen LogP contribution < -0.4 is 5.23 Å². The molecule has 0 bridgehead atoms. The summed E-state index contributed by atoms with van der Waals surface area (Å²) < 4.78 is 0. The molecule has 0 heterocycles. The molecule has 0 spiro atoms. The van der Waals surface area contributed by atoms with Gasteiger partial charge in [0.15, 0.2) is 0 Å². The topological polar surface area (TPSA) is 36.7 Å². The van der Waals surface area contributed by atoms with Crippen molar-refractivity contribution in [2.45, 2.75) is 24.5 Å². The van der Waals surface area contributed by atoms with Gasteiger partial charge in [0.25, 0.3) is 0 Å². The Morgan fingerprint density at radius 1 is 1.67 bits per heavy atom. The van der Waals surface area contributed by atoms with Crippen LogP contribution in [0.4, 0.5) is 0 Å². The Labute approximate surface area is 57.1 Å². The SMILES string of the molecule is CO[NH+]([O-])C1(P)CCC1. The van der Waals surface area contributed by atoms with Crippen molar-refractivity contribution in [3.8, 4) is 0 Å². The summed E-state index contributed by atoms with van der Waals surface area (Å²) in [4.78, 5) is 4.60. The Bertz CT molecular complexity index is 105. The predicted molar refractivity (Wildman–Crippen MR) is 37.6 cm³/mol. The van der Waals surface area contributed by atoms with Crippen molar-refractivity contribution in [2.24, 2.45) is 0 Å². The fourth-order valence-electron chi connectivity index (χ4n) is 0.965. The summed E-state index contributed by atoms with van der Waals surface area (Å²) >= 11 is 0. The van der Waals surface area contributed by atoms with Crippen LogP contribution in [-0.4, -0.2) is 12.4 Å². The molecule has 0 amide bonds. The number of quaternary nitrogens is 1. The van der Waals surface area contributed by atoms with Crippen LogP contribution in [-0.2, 0) is 4.84 Å². The Kier molecular flexibility index (Phi) is 2.07. The van der Waals surface area contributed by atoms with Gasteiger partial charge in [0, 0.05) is 12.8 Å². The standard InChI is InChI=1S/C5H12NO2P/c1-8-6(7)5(9)3-2-4-5/h6H,2-4,9H2,1H3. The van der Waals surface area contributed by atoms with E-state index >= 15 is 0 Å². The first-order valence-electron chi connectivity index (χ1n) is 3.06. The largest absolute Gasteiger partial charge is 0.599 e. The maximum atomic E-state index is 10.9. The highest BCUT2D eigenvalue weighted by Gasteiger charge is 2.39. The summed E-state index contributed by atoms with van der Waals surface area (Å²) in [6, 6.07) is 0. The van der Waals surface area contributed by atoms with Gasteiger partial charge in [-0.25, -0.2) is 10.1 Å². The lowest BCUT2D eigenvalue weighted by atomic mass is 9.93. The number of hydrogen-bond acceptors (Lipinski definition) is 2. The van der Waals surface area contributed by atoms with Crippen LogP contribution in [0, 0.1) is 5.21 Å². The summed E-state index contributed by atoms with van der Waals surface area (Å²) in [5, 5.41) is 10.6. The van der Waals surface area contributed by atoms with Crippen LogP contribution in [0.25, 0.3) is 0 Å². The minimum atomic E-state index is -0.214. The lowest BCUT2D eigenvalue weighted by molar-refractivity contribution is -1.08. The first kappa shape index (κ1) is 7.42. The van der Waals surface area contributed by atoms with Gasteiger partial charge in [-0.3, -0.25) is 0 Å². The molecule has 0 aromatic heterocycles. The Morgan fingerprint density at radius 3 is 2.33 bits per heavy atom. The minimum absolute atomic E-state index is 0.0845. The molecule has 1 rings (SSSR count). The molecule has 54 valence electrons. The average Bonchev–Trinajstić information content (AvgIpc) is 1.81. The van der Waals surface area contributed by atoms with E-state index in [1.807, 2.05) is 0 Å². The average molecular weight is 149 g/mol. The first-order chi connectivity index (χ1) is 4.19. The monoisotopic (exact) mass is 149 g/mol. The maximum absolute atomic E-state index is 10.9. The van der Waals surface area contributed by atoms with Crippen molar-refractivity contribution in [1.29, 1.82) is 0 Å². The lowest BCUT2D eigenvalue weighted by Crippen LogP contribution is -3.14. The van der Waals surface area contributed by atoms with E-state index in [0.29, 0.717) is 0 Å². The van der Waals surface area contributed by atoms with Crippen molar-refractivity contribution < 1.29 is 10.1 Å². The van der Waals surface area contributed by atoms with Crippen LogP contribution in [0.2, 0.25) is 0 Å². The zero-order chi connectivity index (χ0) is 6.91. The molecule has 1 aliphatic rings. The molecule has 9 heavy (non-hydrogen) atoms. The van der Waals surface area contributed by atoms with E-state index in [4.69, 9.17) is 0 Å². The number of rotatable bonds is 2. The molecule has 0 aliphatic heterocycles. The fraction of sp³-hybridized carbons (Fsp3) is 1.00. The van der Waals surface area contributed by atoms with Crippen LogP contribution in [0.1, 0.15) is 19.3 Å². The van der Waals surface area contributed by atoms with Gasteiger partial charge in [-0.15, -0.1) is 0 Å². The van der Waals surface area contributed by atoms with E-state index in [0.717, 1.165) is 19.3 Å². The predicted octanol–water partition coefficient (Wildman–Crippen LogP) is -0.314. The van der Waals surface area contributed by atoms with Crippen molar-refractivity contribution in [3.05, 3.63) is 5.21 Å². The van der Waals surface area contributed by atoms with Gasteiger partial charge in [0.2, 0.25) is 0 Å². The van der Waals surface area contributed by atoms with Crippen molar-refractivity contribution in [1.82, 2.24) is 0 Å². The van der Waals surface area contributed by atoms with Gasteiger partial charge in [-0.2, -0.15) is 0 Å². The molecule has 0 aromatic carbocycles. The third-order valence-electron chi connectivity index (χ3n) is 1.84. The second kappa shape index (κ2) is 2.51. The minimum Gasteiger partial charge on any atom is -0.599 e. The Balaban J connectivity index is 2.38. The normalized spacial score (nSPS) is 27.0. The summed E-state index contributed by atoms with van der Waals surface area (Å²) in [6.07, 6.45) is 3.08. The van der Waals surface area contributed by atoms with E-state index in [-0.39, 0.29) is 10.5 Å². The van der Waals surface area contributed by atoms with Crippen molar-refractivity contribution in [3.63, 3.8) is 0 Å². The molecular weight excluding hydrogens is 137 g/mol. The molecule has 4 heteroatoms. The maximum Gasteiger partial charge on any atom is 0.138 e. The third kappa shape index (κ3) is 1.24. The molecular formula is C5H12NO2P. The van der Waals surface area contributed by atoms with Gasteiger partial charge in [-0.05, 0) is 6.42 Å². The van der Waals surface area contributed by atoms with Gasteiger partial charge in [0.05, 0.1) is 7.11 Å². The van der Waals surface area contributed by atoms with E-state index < -0.39 is 0 Å². The zero-order valence-corrected chi connectivity index (χ0v) is 6.67. The highest BCUT2D eigenvalue weighted by molar-refractivity contribution is 7.18. The van der Waals surface area contributed by atoms with E-state index in [1.54, 1.807) is 0 Å². The second-order valence-corrected chi connectivity index (χ2v) is 3.61. The molecule has 1 saturated carbocycles. The lowest BCUT2D eigenvalue weighted by Gasteiger charge is -2.43. The first-order valence-corrected chi connectivity index (χ1v) is 3.64. The van der Waals surface area contributed by atoms with Gasteiger partial charge >= 0.3 is 0 Å². The van der Waals surface area contributed by atoms with Crippen LogP contribution in [0.5, 0.6) is 0 Å². The molecule has 2 atom stereocenters. The smallest absolute Gasteiger partial charge is 0.138 e. The number of hydrogen-bond donors (Lipinski definition) is 1. The van der Waals surface area contributed by atoms with E-state index in [9.17, 15) is 5.21 Å². The number of hydroxylamine groups is 2. The zero-order valence-electron chi connectivity index (χ0n) is 5.52. The highest BCUT2D eigenvalue weighted by atomic mass is 31.0. The van der Waals surface area contributed by atoms with Crippen molar-refractivity contribution >= 4 is 9.24 Å². The van der Waals surface area contributed by atoms with E-state index in [1.165, 1.54) is 7.11 Å².